The zero-order chi connectivity index (χ0) is 3.54. The van der Waals surface area contributed by atoms with E-state index in [-0.39, 0.29) is 57.0 Å². The van der Waals surface area contributed by atoms with E-state index in [0.29, 0.717) is 0 Å². The van der Waals surface area contributed by atoms with Crippen LogP contribution in [0.15, 0.2) is 24.3 Å². The molecule has 0 amide bonds. The topological polar surface area (TPSA) is 0 Å². The summed E-state index contributed by atoms with van der Waals surface area (Å²) < 4.78 is 0. The first-order valence-electron chi connectivity index (χ1n) is 1.82. The van der Waals surface area contributed by atoms with Crippen LogP contribution in [-0.4, -0.2) is 23.1 Å². The van der Waals surface area contributed by atoms with Crippen LogP contribution in [0.1, 0.15) is 6.42 Å². The quantitative estimate of drug-likeness (QED) is 0.378. The third-order valence-corrected chi connectivity index (χ3v) is 0.655. The number of halogens is 2. The number of hydrogen-bond donors (Lipinski definition) is 0. The second-order valence-corrected chi connectivity index (χ2v) is 1.09. The SMILES string of the molecule is C1=CCC=C1.[Br-].[Br-].[Mg+2]. The average Bonchev–Trinajstić information content (AvgIpc) is 1.76. The summed E-state index contributed by atoms with van der Waals surface area (Å²) in [5, 5.41) is 0. The molecule has 0 bridgehead atoms. The molecule has 0 N–H and O–H groups in total. The van der Waals surface area contributed by atoms with Gasteiger partial charge in [-0.1, -0.05) is 24.3 Å². The van der Waals surface area contributed by atoms with Gasteiger partial charge >= 0.3 is 23.1 Å². The first-order valence-corrected chi connectivity index (χ1v) is 1.82. The van der Waals surface area contributed by atoms with E-state index in [1.54, 1.807) is 0 Å². The van der Waals surface area contributed by atoms with Crippen molar-refractivity contribution >= 4 is 23.1 Å². The van der Waals surface area contributed by atoms with Gasteiger partial charge in [-0.15, -0.1) is 0 Å². The first-order chi connectivity index (χ1) is 2.50. The molecule has 0 aliphatic heterocycles. The van der Waals surface area contributed by atoms with Crippen molar-refractivity contribution in [2.45, 2.75) is 6.42 Å². The monoisotopic (exact) mass is 248 g/mol. The molecular weight excluding hydrogens is 244 g/mol. The average molecular weight is 250 g/mol. The van der Waals surface area contributed by atoms with Crippen LogP contribution in [0.4, 0.5) is 0 Å². The molecule has 1 aliphatic rings. The summed E-state index contributed by atoms with van der Waals surface area (Å²) in [7, 11) is 0. The summed E-state index contributed by atoms with van der Waals surface area (Å²) in [6, 6.07) is 0. The molecule has 0 atom stereocenters. The molecule has 0 nitrogen and oxygen atoms in total. The van der Waals surface area contributed by atoms with E-state index in [2.05, 4.69) is 24.3 Å². The van der Waals surface area contributed by atoms with E-state index < -0.39 is 0 Å². The fourth-order valence-corrected chi connectivity index (χ4v) is 0.393. The molecule has 42 valence electrons. The van der Waals surface area contributed by atoms with Gasteiger partial charge in [0, 0.05) is 0 Å². The Bertz CT molecular complexity index is 68.5. The summed E-state index contributed by atoms with van der Waals surface area (Å²) in [6.07, 6.45) is 9.50. The molecule has 3 heteroatoms. The second kappa shape index (κ2) is 11.1. The Balaban J connectivity index is -0.0000000833. The summed E-state index contributed by atoms with van der Waals surface area (Å²) in [6.45, 7) is 0. The van der Waals surface area contributed by atoms with Crippen LogP contribution < -0.4 is 34.0 Å². The van der Waals surface area contributed by atoms with Gasteiger partial charge in [0.05, 0.1) is 0 Å². The molecule has 0 aromatic heterocycles. The Morgan fingerprint density at radius 3 is 1.38 bits per heavy atom. The summed E-state index contributed by atoms with van der Waals surface area (Å²) in [5.41, 5.74) is 0. The van der Waals surface area contributed by atoms with Gasteiger partial charge in [0.15, 0.2) is 0 Å². The Labute approximate surface area is 87.1 Å². The zero-order valence-corrected chi connectivity index (χ0v) is 9.07. The van der Waals surface area contributed by atoms with Crippen molar-refractivity contribution < 1.29 is 34.0 Å². The van der Waals surface area contributed by atoms with Crippen LogP contribution >= 0.6 is 0 Å². The maximum Gasteiger partial charge on any atom is 2.00 e. The van der Waals surface area contributed by atoms with Crippen molar-refractivity contribution in [2.24, 2.45) is 0 Å². The largest absolute Gasteiger partial charge is 2.00 e. The van der Waals surface area contributed by atoms with Gasteiger partial charge in [-0.2, -0.15) is 0 Å². The van der Waals surface area contributed by atoms with Crippen LogP contribution in [0.3, 0.4) is 0 Å². The molecule has 0 aromatic carbocycles. The van der Waals surface area contributed by atoms with Crippen LogP contribution in [0.25, 0.3) is 0 Å². The van der Waals surface area contributed by atoms with E-state index >= 15 is 0 Å². The van der Waals surface area contributed by atoms with Gasteiger partial charge in [0.25, 0.3) is 0 Å². The van der Waals surface area contributed by atoms with E-state index in [1.807, 2.05) is 0 Å². The number of rotatable bonds is 0. The molecule has 0 unspecified atom stereocenters. The minimum absolute atomic E-state index is 0. The zero-order valence-electron chi connectivity index (χ0n) is 4.48. The first kappa shape index (κ1) is 16.1. The normalized spacial score (nSPS) is 11.0. The van der Waals surface area contributed by atoms with Crippen molar-refractivity contribution in [3.8, 4) is 0 Å². The molecule has 0 fully saturated rings. The smallest absolute Gasteiger partial charge is 1.00 e. The molecule has 8 heavy (non-hydrogen) atoms. The van der Waals surface area contributed by atoms with Gasteiger partial charge in [-0.3, -0.25) is 0 Å². The predicted molar refractivity (Wildman–Crippen MR) is 28.7 cm³/mol. The van der Waals surface area contributed by atoms with Gasteiger partial charge < -0.3 is 34.0 Å². The van der Waals surface area contributed by atoms with Crippen molar-refractivity contribution in [2.75, 3.05) is 0 Å². The maximum absolute atomic E-state index is 2.12. The van der Waals surface area contributed by atoms with Gasteiger partial charge in [-0.05, 0) is 6.42 Å². The number of allylic oxidation sites excluding steroid dienone is 4. The fourth-order valence-electron chi connectivity index (χ4n) is 0.393. The van der Waals surface area contributed by atoms with Crippen molar-refractivity contribution in [3.63, 3.8) is 0 Å². The molecule has 0 spiro atoms. The van der Waals surface area contributed by atoms with Crippen molar-refractivity contribution in [1.29, 1.82) is 0 Å². The van der Waals surface area contributed by atoms with E-state index in [9.17, 15) is 0 Å². The Kier molecular flexibility index (Phi) is 22.3. The molecule has 1 rings (SSSR count). The Morgan fingerprint density at radius 1 is 0.875 bits per heavy atom. The van der Waals surface area contributed by atoms with Crippen LogP contribution in [-0.2, 0) is 0 Å². The molecule has 0 heterocycles. The predicted octanol–water partition coefficient (Wildman–Crippen LogP) is -4.87. The van der Waals surface area contributed by atoms with Gasteiger partial charge in [-0.25, -0.2) is 0 Å². The molecular formula is C5H6Br2Mg. The fraction of sp³-hybridized carbons (Fsp3) is 0.200. The maximum atomic E-state index is 2.12. The number of hydrogen-bond acceptors (Lipinski definition) is 0. The van der Waals surface area contributed by atoms with Crippen molar-refractivity contribution in [1.82, 2.24) is 0 Å². The van der Waals surface area contributed by atoms with E-state index in [4.69, 9.17) is 0 Å². The van der Waals surface area contributed by atoms with Gasteiger partial charge in [0.2, 0.25) is 0 Å². The minimum Gasteiger partial charge on any atom is -1.00 e. The molecule has 0 saturated heterocycles. The molecule has 0 saturated carbocycles. The molecule has 0 radical (unpaired) electrons. The van der Waals surface area contributed by atoms with Crippen molar-refractivity contribution in [3.05, 3.63) is 24.3 Å². The van der Waals surface area contributed by atoms with E-state index in [1.165, 1.54) is 0 Å². The third-order valence-electron chi connectivity index (χ3n) is 0.655. The summed E-state index contributed by atoms with van der Waals surface area (Å²) in [4.78, 5) is 0. The summed E-state index contributed by atoms with van der Waals surface area (Å²) >= 11 is 0. The molecule has 0 aromatic rings. The van der Waals surface area contributed by atoms with Crippen LogP contribution in [0.5, 0.6) is 0 Å². The Morgan fingerprint density at radius 2 is 1.25 bits per heavy atom. The summed E-state index contributed by atoms with van der Waals surface area (Å²) in [5.74, 6) is 0. The van der Waals surface area contributed by atoms with Crippen LogP contribution in [0, 0.1) is 0 Å². The second-order valence-electron chi connectivity index (χ2n) is 1.09. The minimum atomic E-state index is 0. The van der Waals surface area contributed by atoms with Gasteiger partial charge in [0.1, 0.15) is 0 Å². The van der Waals surface area contributed by atoms with E-state index in [0.717, 1.165) is 6.42 Å². The van der Waals surface area contributed by atoms with Crippen LogP contribution in [0.2, 0.25) is 0 Å². The molecule has 1 aliphatic carbocycles. The Hall–Kier alpha value is 1.21. The third kappa shape index (κ3) is 7.21. The standard InChI is InChI=1S/C5H6.2BrH.Mg/c1-2-4-5-3-1;;;/h1-4H,5H2;2*1H;/q;;;+2/p-2.